The van der Waals surface area contributed by atoms with Crippen LogP contribution in [0.3, 0.4) is 0 Å². The number of aliphatic hydroxyl groups excluding tert-OH is 1. The van der Waals surface area contributed by atoms with Crippen molar-refractivity contribution in [2.75, 3.05) is 6.61 Å². The van der Waals surface area contributed by atoms with Crippen molar-refractivity contribution < 1.29 is 13.9 Å². The molecule has 0 unspecified atom stereocenters. The molecule has 2 aromatic carbocycles. The number of hydrogen-bond donors (Lipinski definition) is 1. The van der Waals surface area contributed by atoms with E-state index in [4.69, 9.17) is 5.11 Å². The SMILES string of the molecule is CCCCCC1CCC(c2ccc(-c3ccc([Si](C)(C)CCCCCO)c(F)c3F)cc2)CC1. The van der Waals surface area contributed by atoms with Crippen LogP contribution in [0.5, 0.6) is 0 Å². The quantitative estimate of drug-likeness (QED) is 0.235. The monoisotopic (exact) mass is 486 g/mol. The molecule has 0 amide bonds. The molecule has 0 heterocycles. The highest BCUT2D eigenvalue weighted by Crippen LogP contribution is 2.38. The first-order chi connectivity index (χ1) is 16.4. The predicted molar refractivity (Wildman–Crippen MR) is 143 cm³/mol. The van der Waals surface area contributed by atoms with E-state index < -0.39 is 19.7 Å². The van der Waals surface area contributed by atoms with Crippen LogP contribution in [0.1, 0.15) is 89.0 Å². The van der Waals surface area contributed by atoms with Crippen molar-refractivity contribution in [1.82, 2.24) is 0 Å². The van der Waals surface area contributed by atoms with Gasteiger partial charge in [-0.25, -0.2) is 8.78 Å². The minimum atomic E-state index is -2.07. The maximum Gasteiger partial charge on any atom is 0.166 e. The molecule has 1 nitrogen and oxygen atoms in total. The molecule has 2 aromatic rings. The molecule has 188 valence electrons. The van der Waals surface area contributed by atoms with E-state index in [9.17, 15) is 0 Å². The molecule has 0 spiro atoms. The average molecular weight is 487 g/mol. The fourth-order valence-electron chi connectivity index (χ4n) is 5.69. The summed E-state index contributed by atoms with van der Waals surface area (Å²) in [6, 6.07) is 12.7. The minimum absolute atomic E-state index is 0.193. The van der Waals surface area contributed by atoms with E-state index in [1.54, 1.807) is 6.07 Å². The summed E-state index contributed by atoms with van der Waals surface area (Å²) in [6.45, 7) is 6.67. The molecular formula is C30H44F2OSi. The molecule has 4 heteroatoms. The van der Waals surface area contributed by atoms with Crippen molar-refractivity contribution in [3.05, 3.63) is 53.6 Å². The Morgan fingerprint density at radius 1 is 0.824 bits per heavy atom. The van der Waals surface area contributed by atoms with E-state index in [0.717, 1.165) is 36.8 Å². The van der Waals surface area contributed by atoms with Gasteiger partial charge in [-0.1, -0.05) is 101 Å². The molecule has 3 rings (SSSR count). The van der Waals surface area contributed by atoms with Crippen molar-refractivity contribution in [3.63, 3.8) is 0 Å². The van der Waals surface area contributed by atoms with E-state index in [0.29, 0.717) is 16.7 Å². The van der Waals surface area contributed by atoms with Crippen molar-refractivity contribution in [3.8, 4) is 11.1 Å². The summed E-state index contributed by atoms with van der Waals surface area (Å²) in [5, 5.41) is 9.55. The van der Waals surface area contributed by atoms with Crippen LogP contribution >= 0.6 is 0 Å². The number of rotatable bonds is 12. The first kappa shape index (κ1) is 27.1. The molecule has 1 N–H and O–H groups in total. The molecule has 0 radical (unpaired) electrons. The zero-order valence-electron chi connectivity index (χ0n) is 21.5. The van der Waals surface area contributed by atoms with Gasteiger partial charge in [-0.3, -0.25) is 0 Å². The summed E-state index contributed by atoms with van der Waals surface area (Å²) >= 11 is 0. The summed E-state index contributed by atoms with van der Waals surface area (Å²) in [4.78, 5) is 0. The summed E-state index contributed by atoms with van der Waals surface area (Å²) < 4.78 is 30.3. The molecule has 0 saturated heterocycles. The highest BCUT2D eigenvalue weighted by atomic mass is 28.3. The fourth-order valence-corrected chi connectivity index (χ4v) is 8.33. The van der Waals surface area contributed by atoms with Gasteiger partial charge >= 0.3 is 0 Å². The van der Waals surface area contributed by atoms with Crippen molar-refractivity contribution in [2.24, 2.45) is 5.92 Å². The van der Waals surface area contributed by atoms with Crippen LogP contribution in [0.25, 0.3) is 11.1 Å². The van der Waals surface area contributed by atoms with E-state index in [1.807, 2.05) is 18.2 Å². The largest absolute Gasteiger partial charge is 0.396 e. The maximum atomic E-state index is 15.2. The van der Waals surface area contributed by atoms with Crippen LogP contribution in [0, 0.1) is 17.6 Å². The van der Waals surface area contributed by atoms with Gasteiger partial charge < -0.3 is 5.11 Å². The molecule has 1 fully saturated rings. The van der Waals surface area contributed by atoms with Crippen LogP contribution < -0.4 is 5.19 Å². The van der Waals surface area contributed by atoms with Crippen LogP contribution in [0.15, 0.2) is 36.4 Å². The zero-order valence-corrected chi connectivity index (χ0v) is 22.5. The van der Waals surface area contributed by atoms with Gasteiger partial charge in [-0.05, 0) is 60.3 Å². The Labute approximate surface area is 207 Å². The molecule has 1 aliphatic rings. The third kappa shape index (κ3) is 7.01. The molecule has 1 saturated carbocycles. The van der Waals surface area contributed by atoms with Gasteiger partial charge in [0.15, 0.2) is 11.6 Å². The predicted octanol–water partition coefficient (Wildman–Crippen LogP) is 8.56. The summed E-state index contributed by atoms with van der Waals surface area (Å²) in [5.74, 6) is 0.105. The van der Waals surface area contributed by atoms with Crippen LogP contribution in [-0.4, -0.2) is 19.8 Å². The number of hydrogen-bond acceptors (Lipinski definition) is 1. The molecule has 0 aromatic heterocycles. The number of benzene rings is 2. The van der Waals surface area contributed by atoms with Gasteiger partial charge in [0.25, 0.3) is 0 Å². The highest BCUT2D eigenvalue weighted by Gasteiger charge is 2.29. The standard InChI is InChI=1S/C30H44F2OSi/c1-4-5-7-10-23-11-13-24(14-12-23)25-15-17-26(18-16-25)27-19-20-28(30(32)29(27)31)34(2,3)22-9-6-8-21-33/h15-20,23-24,33H,4-14,21-22H2,1-3H3. The lowest BCUT2D eigenvalue weighted by Gasteiger charge is -2.29. The molecule has 0 atom stereocenters. The van der Waals surface area contributed by atoms with Gasteiger partial charge in [-0.15, -0.1) is 0 Å². The second-order valence-corrected chi connectivity index (χ2v) is 15.8. The van der Waals surface area contributed by atoms with Crippen molar-refractivity contribution in [1.29, 1.82) is 0 Å². The lowest BCUT2D eigenvalue weighted by molar-refractivity contribution is 0.284. The van der Waals surface area contributed by atoms with Crippen LogP contribution in [-0.2, 0) is 0 Å². The third-order valence-electron chi connectivity index (χ3n) is 8.03. The first-order valence-corrected chi connectivity index (χ1v) is 16.8. The van der Waals surface area contributed by atoms with Gasteiger partial charge in [0.1, 0.15) is 0 Å². The van der Waals surface area contributed by atoms with Crippen molar-refractivity contribution in [2.45, 2.75) is 103 Å². The third-order valence-corrected chi connectivity index (χ3v) is 11.5. The lowest BCUT2D eigenvalue weighted by atomic mass is 9.77. The molecule has 1 aliphatic carbocycles. The van der Waals surface area contributed by atoms with Gasteiger partial charge in [0.05, 0.1) is 8.07 Å². The van der Waals surface area contributed by atoms with Crippen LogP contribution in [0.4, 0.5) is 8.78 Å². The Hall–Kier alpha value is -1.52. The van der Waals surface area contributed by atoms with E-state index in [1.165, 1.54) is 56.9 Å². The van der Waals surface area contributed by atoms with E-state index in [-0.39, 0.29) is 6.61 Å². The average Bonchev–Trinajstić information content (AvgIpc) is 2.84. The number of aliphatic hydroxyl groups is 1. The molecule has 0 aliphatic heterocycles. The second-order valence-electron chi connectivity index (χ2n) is 11.0. The van der Waals surface area contributed by atoms with Crippen molar-refractivity contribution >= 4 is 13.3 Å². The van der Waals surface area contributed by atoms with E-state index >= 15 is 8.78 Å². The normalized spacial score (nSPS) is 18.9. The molecular weight excluding hydrogens is 442 g/mol. The Morgan fingerprint density at radius 3 is 2.18 bits per heavy atom. The van der Waals surface area contributed by atoms with Gasteiger partial charge in [0, 0.05) is 12.2 Å². The lowest BCUT2D eigenvalue weighted by Crippen LogP contribution is -2.43. The van der Waals surface area contributed by atoms with E-state index in [2.05, 4.69) is 32.2 Å². The topological polar surface area (TPSA) is 20.2 Å². The molecule has 34 heavy (non-hydrogen) atoms. The summed E-state index contributed by atoms with van der Waals surface area (Å²) in [5.41, 5.74) is 2.45. The Balaban J connectivity index is 1.65. The Bertz CT molecular complexity index is 885. The summed E-state index contributed by atoms with van der Waals surface area (Å²) in [6.07, 6.45) is 13.2. The Morgan fingerprint density at radius 2 is 1.53 bits per heavy atom. The summed E-state index contributed by atoms with van der Waals surface area (Å²) in [7, 11) is -2.07. The second kappa shape index (κ2) is 13.0. The zero-order chi connectivity index (χ0) is 24.6. The number of halogens is 2. The van der Waals surface area contributed by atoms with Crippen LogP contribution in [0.2, 0.25) is 19.1 Å². The Kier molecular flexibility index (Phi) is 10.3. The number of unbranched alkanes of at least 4 members (excludes halogenated alkanes) is 4. The highest BCUT2D eigenvalue weighted by molar-refractivity contribution is 6.89. The smallest absolute Gasteiger partial charge is 0.166 e. The fraction of sp³-hybridized carbons (Fsp3) is 0.600. The van der Waals surface area contributed by atoms with Gasteiger partial charge in [-0.2, -0.15) is 0 Å². The first-order valence-electron chi connectivity index (χ1n) is 13.6. The minimum Gasteiger partial charge on any atom is -0.396 e. The molecule has 0 bridgehead atoms. The van der Waals surface area contributed by atoms with Gasteiger partial charge in [0.2, 0.25) is 0 Å². The maximum absolute atomic E-state index is 15.2.